The van der Waals surface area contributed by atoms with Crippen LogP contribution in [0.5, 0.6) is 11.5 Å². The fourth-order valence-corrected chi connectivity index (χ4v) is 6.32. The monoisotopic (exact) mass is 403 g/mol. The van der Waals surface area contributed by atoms with Crippen LogP contribution in [-0.2, 0) is 28.0 Å². The van der Waals surface area contributed by atoms with Gasteiger partial charge in [-0.15, -0.1) is 0 Å². The van der Waals surface area contributed by atoms with Crippen molar-refractivity contribution in [1.82, 2.24) is 4.90 Å². The third-order valence-corrected chi connectivity index (χ3v) is 7.66. The molecule has 0 aromatic heterocycles. The molecule has 0 amide bonds. The minimum Gasteiger partial charge on any atom is -0.485 e. The highest BCUT2D eigenvalue weighted by atomic mass is 16.5. The highest BCUT2D eigenvalue weighted by Gasteiger charge is 2.72. The average Bonchev–Trinajstić information content (AvgIpc) is 3.13. The second-order valence-corrected chi connectivity index (χ2v) is 8.85. The van der Waals surface area contributed by atoms with Gasteiger partial charge in [0.25, 0.3) is 0 Å². The lowest BCUT2D eigenvalue weighted by molar-refractivity contribution is -0.162. The van der Waals surface area contributed by atoms with E-state index in [9.17, 15) is 4.79 Å². The second-order valence-electron chi connectivity index (χ2n) is 8.85. The average molecular weight is 403 g/mol. The van der Waals surface area contributed by atoms with Crippen molar-refractivity contribution >= 4 is 5.78 Å². The summed E-state index contributed by atoms with van der Waals surface area (Å²) in [5.74, 6) is 1.45. The first-order valence-corrected chi connectivity index (χ1v) is 10.6. The summed E-state index contributed by atoms with van der Waals surface area (Å²) in [4.78, 5) is 15.4. The van der Waals surface area contributed by atoms with E-state index >= 15 is 0 Å². The topological polar surface area (TPSA) is 48.0 Å². The number of rotatable bonds is 4. The molecule has 2 bridgehead atoms. The molecule has 1 fully saturated rings. The lowest BCUT2D eigenvalue weighted by Gasteiger charge is -2.61. The van der Waals surface area contributed by atoms with Crippen LogP contribution >= 0.6 is 0 Å². The molecule has 154 valence electrons. The molecular formula is C25H25NO4. The van der Waals surface area contributed by atoms with Crippen molar-refractivity contribution in [3.8, 4) is 11.5 Å². The largest absolute Gasteiger partial charge is 0.485 e. The maximum Gasteiger partial charge on any atom is 0.196 e. The zero-order valence-corrected chi connectivity index (χ0v) is 17.3. The fraction of sp³-hybridized carbons (Fsp3) is 0.400. The van der Waals surface area contributed by atoms with Crippen molar-refractivity contribution in [1.29, 1.82) is 0 Å². The predicted octanol–water partition coefficient (Wildman–Crippen LogP) is 3.05. The van der Waals surface area contributed by atoms with Gasteiger partial charge < -0.3 is 14.2 Å². The van der Waals surface area contributed by atoms with E-state index in [1.807, 2.05) is 42.5 Å². The van der Waals surface area contributed by atoms with E-state index in [1.54, 1.807) is 13.2 Å². The molecule has 2 aliphatic heterocycles. The lowest BCUT2D eigenvalue weighted by Crippen LogP contribution is -2.75. The van der Waals surface area contributed by atoms with Crippen LogP contribution in [0.4, 0.5) is 0 Å². The quantitative estimate of drug-likeness (QED) is 0.785. The van der Waals surface area contributed by atoms with Crippen molar-refractivity contribution < 1.29 is 19.0 Å². The summed E-state index contributed by atoms with van der Waals surface area (Å²) >= 11 is 0. The Balaban J connectivity index is 1.51. The number of ketones is 1. The Bertz CT molecular complexity index is 1060. The maximum atomic E-state index is 13.0. The molecule has 0 N–H and O–H groups in total. The number of ether oxygens (including phenoxy) is 3. The molecule has 30 heavy (non-hydrogen) atoms. The van der Waals surface area contributed by atoms with Crippen molar-refractivity contribution in [3.63, 3.8) is 0 Å². The molecule has 2 aromatic rings. The van der Waals surface area contributed by atoms with Gasteiger partial charge in [-0.2, -0.15) is 0 Å². The molecule has 5 heteroatoms. The number of benzene rings is 2. The Morgan fingerprint density at radius 2 is 2.03 bits per heavy atom. The molecule has 2 heterocycles. The zero-order valence-electron chi connectivity index (χ0n) is 17.3. The van der Waals surface area contributed by atoms with Crippen molar-refractivity contribution in [3.05, 3.63) is 71.3 Å². The number of hydrogen-bond donors (Lipinski definition) is 0. The summed E-state index contributed by atoms with van der Waals surface area (Å²) in [7, 11) is 3.92. The normalized spacial score (nSPS) is 33.2. The Hall–Kier alpha value is -2.63. The number of methoxy groups -OCH3 is 1. The van der Waals surface area contributed by atoms with Crippen LogP contribution in [-0.4, -0.2) is 49.1 Å². The van der Waals surface area contributed by atoms with E-state index in [1.165, 1.54) is 5.56 Å². The van der Waals surface area contributed by atoms with Crippen LogP contribution in [0.1, 0.15) is 23.1 Å². The Morgan fingerprint density at radius 3 is 2.83 bits per heavy atom. The molecule has 6 rings (SSSR count). The number of piperidine rings is 1. The third-order valence-electron chi connectivity index (χ3n) is 7.66. The molecule has 1 spiro atoms. The second kappa shape index (κ2) is 6.19. The molecule has 5 nitrogen and oxygen atoms in total. The van der Waals surface area contributed by atoms with Gasteiger partial charge in [0.1, 0.15) is 12.2 Å². The minimum atomic E-state index is -0.575. The van der Waals surface area contributed by atoms with Gasteiger partial charge in [-0.25, -0.2) is 0 Å². The lowest BCUT2D eigenvalue weighted by atomic mass is 9.50. The molecular weight excluding hydrogens is 378 g/mol. The van der Waals surface area contributed by atoms with Crippen LogP contribution in [0.25, 0.3) is 0 Å². The third kappa shape index (κ3) is 2.07. The molecule has 4 aliphatic rings. The SMILES string of the molecule is CO[C@@]12C=CC(=O)[C@@H]3Oc4c(OCc5ccccc5)ccc5c4[C@@]31CCN(C)[C@@H]2C5. The number of nitrogens with zero attached hydrogens (tertiary/aromatic N) is 1. The van der Waals surface area contributed by atoms with Gasteiger partial charge in [-0.05, 0) is 55.8 Å². The van der Waals surface area contributed by atoms with E-state index in [-0.39, 0.29) is 11.8 Å². The first-order chi connectivity index (χ1) is 14.6. The summed E-state index contributed by atoms with van der Waals surface area (Å²) < 4.78 is 18.9. The summed E-state index contributed by atoms with van der Waals surface area (Å²) in [5, 5.41) is 0. The van der Waals surface area contributed by atoms with Gasteiger partial charge in [-0.1, -0.05) is 36.4 Å². The molecule has 0 unspecified atom stereocenters. The first kappa shape index (κ1) is 18.2. The van der Waals surface area contributed by atoms with Gasteiger partial charge in [0.15, 0.2) is 23.4 Å². The molecule has 0 saturated carbocycles. The fourth-order valence-electron chi connectivity index (χ4n) is 6.32. The first-order valence-electron chi connectivity index (χ1n) is 10.6. The minimum absolute atomic E-state index is 0.0176. The number of carbonyl (C=O) groups excluding carboxylic acids is 1. The van der Waals surface area contributed by atoms with Crippen LogP contribution in [0.15, 0.2) is 54.6 Å². The van der Waals surface area contributed by atoms with Crippen LogP contribution in [0.3, 0.4) is 0 Å². The Kier molecular flexibility index (Phi) is 3.75. The number of likely N-dealkylation sites (tertiary alicyclic amines) is 1. The standard InChI is InChI=1S/C25H25NO4/c1-26-13-12-24-21-17-8-9-19(29-15-16-6-4-3-5-7-16)22(21)30-23(24)18(27)10-11-25(24,28-2)20(26)14-17/h3-11,20,23H,12-15H2,1-2H3/t20-,23+,24+,25-/m1/s1. The predicted molar refractivity (Wildman–Crippen MR) is 112 cm³/mol. The highest BCUT2D eigenvalue weighted by Crippen LogP contribution is 2.64. The van der Waals surface area contributed by atoms with Gasteiger partial charge in [0.2, 0.25) is 0 Å². The van der Waals surface area contributed by atoms with E-state index in [2.05, 4.69) is 18.0 Å². The van der Waals surface area contributed by atoms with Gasteiger partial charge in [-0.3, -0.25) is 9.69 Å². The number of carbonyl (C=O) groups is 1. The molecule has 1 saturated heterocycles. The van der Waals surface area contributed by atoms with Crippen molar-refractivity contribution in [2.45, 2.75) is 42.6 Å². The molecule has 2 aliphatic carbocycles. The summed E-state index contributed by atoms with van der Waals surface area (Å²) in [5.41, 5.74) is 2.39. The summed E-state index contributed by atoms with van der Waals surface area (Å²) in [6, 6.07) is 14.4. The number of likely N-dealkylation sites (N-methyl/N-ethyl adjacent to an activating group) is 1. The number of hydrogen-bond acceptors (Lipinski definition) is 5. The van der Waals surface area contributed by atoms with E-state index in [0.717, 1.165) is 36.3 Å². The van der Waals surface area contributed by atoms with Crippen LogP contribution in [0.2, 0.25) is 0 Å². The smallest absolute Gasteiger partial charge is 0.196 e. The van der Waals surface area contributed by atoms with Gasteiger partial charge in [0, 0.05) is 18.7 Å². The van der Waals surface area contributed by atoms with E-state index in [4.69, 9.17) is 14.2 Å². The highest BCUT2D eigenvalue weighted by molar-refractivity contribution is 5.99. The molecule has 0 radical (unpaired) electrons. The summed E-state index contributed by atoms with van der Waals surface area (Å²) in [6.07, 6.45) is 4.79. The Morgan fingerprint density at radius 1 is 1.20 bits per heavy atom. The van der Waals surface area contributed by atoms with Crippen molar-refractivity contribution in [2.75, 3.05) is 20.7 Å². The molecule has 2 aromatic carbocycles. The maximum absolute atomic E-state index is 13.0. The summed E-state index contributed by atoms with van der Waals surface area (Å²) in [6.45, 7) is 1.37. The van der Waals surface area contributed by atoms with Crippen LogP contribution in [0, 0.1) is 0 Å². The molecule has 4 atom stereocenters. The van der Waals surface area contributed by atoms with Crippen LogP contribution < -0.4 is 9.47 Å². The van der Waals surface area contributed by atoms with Gasteiger partial charge >= 0.3 is 0 Å². The Labute approximate surface area is 176 Å². The van der Waals surface area contributed by atoms with E-state index in [0.29, 0.717) is 12.4 Å². The van der Waals surface area contributed by atoms with E-state index < -0.39 is 17.1 Å². The zero-order chi connectivity index (χ0) is 20.5. The van der Waals surface area contributed by atoms with Crippen molar-refractivity contribution in [2.24, 2.45) is 0 Å². The van der Waals surface area contributed by atoms with Gasteiger partial charge in [0.05, 0.1) is 5.41 Å².